The van der Waals surface area contributed by atoms with Crippen LogP contribution in [0, 0.1) is 0 Å². The van der Waals surface area contributed by atoms with E-state index in [-0.39, 0.29) is 21.7 Å². The van der Waals surface area contributed by atoms with Gasteiger partial charge in [0.2, 0.25) is 0 Å². The van der Waals surface area contributed by atoms with Crippen LogP contribution in [0.5, 0.6) is 0 Å². The third kappa shape index (κ3) is 3.57. The zero-order valence-electron chi connectivity index (χ0n) is 15.4. The monoisotopic (exact) mass is 387 g/mol. The molecule has 2 aromatic carbocycles. The fourth-order valence-electron chi connectivity index (χ4n) is 3.81. The van der Waals surface area contributed by atoms with E-state index in [4.69, 9.17) is 0 Å². The third-order valence-corrected chi connectivity index (χ3v) is 6.51. The molecule has 0 aliphatic heterocycles. The van der Waals surface area contributed by atoms with Crippen molar-refractivity contribution in [3.05, 3.63) is 90.0 Å². The molecular formula is C24H23SiTi. The summed E-state index contributed by atoms with van der Waals surface area (Å²) < 4.78 is 0. The van der Waals surface area contributed by atoms with Gasteiger partial charge in [0, 0.05) is 21.7 Å². The molecule has 4 rings (SSSR count). The second kappa shape index (κ2) is 8.35. The van der Waals surface area contributed by atoms with E-state index in [1.165, 1.54) is 33.4 Å². The average molecular weight is 387 g/mol. The third-order valence-electron chi connectivity index (χ3n) is 5.01. The summed E-state index contributed by atoms with van der Waals surface area (Å²) in [5.41, 5.74) is 8.56. The molecule has 0 saturated carbocycles. The zero-order valence-corrected chi connectivity index (χ0v) is 18.0. The summed E-state index contributed by atoms with van der Waals surface area (Å²) in [7, 11) is -0.543. The molecule has 0 amide bonds. The van der Waals surface area contributed by atoms with Gasteiger partial charge in [0.15, 0.2) is 0 Å². The van der Waals surface area contributed by atoms with Gasteiger partial charge in [0.25, 0.3) is 0 Å². The summed E-state index contributed by atoms with van der Waals surface area (Å²) in [6, 6.07) is 15.6. The van der Waals surface area contributed by atoms with E-state index in [0.717, 1.165) is 12.8 Å². The maximum absolute atomic E-state index is 2.40. The second-order valence-electron chi connectivity index (χ2n) is 6.93. The summed E-state index contributed by atoms with van der Waals surface area (Å²) in [5.74, 6) is 0. The number of hydrogen-bond acceptors (Lipinski definition) is 0. The number of rotatable bonds is 4. The first kappa shape index (κ1) is 19.1. The van der Waals surface area contributed by atoms with Crippen molar-refractivity contribution in [2.24, 2.45) is 0 Å². The van der Waals surface area contributed by atoms with E-state index in [1.807, 2.05) is 0 Å². The summed E-state index contributed by atoms with van der Waals surface area (Å²) in [5, 5.41) is 1.56. The molecule has 0 N–H and O–H groups in total. The zero-order chi connectivity index (χ0) is 17.2. The van der Waals surface area contributed by atoms with Gasteiger partial charge in [-0.15, -0.1) is 0 Å². The molecule has 0 heterocycles. The Balaban J connectivity index is 0.00000196. The molecule has 26 heavy (non-hydrogen) atoms. The van der Waals surface area contributed by atoms with Gasteiger partial charge in [-0.25, -0.2) is 0 Å². The molecule has 0 nitrogen and oxygen atoms in total. The smallest absolute Gasteiger partial charge is 0.0800 e. The van der Waals surface area contributed by atoms with Crippen molar-refractivity contribution < 1.29 is 21.7 Å². The van der Waals surface area contributed by atoms with Crippen molar-refractivity contribution in [2.45, 2.75) is 25.9 Å². The fraction of sp³-hybridized carbons (Fsp3) is 0.167. The molecule has 0 spiro atoms. The molecular weight excluding hydrogens is 364 g/mol. The summed E-state index contributed by atoms with van der Waals surface area (Å²) in [6.45, 7) is 4.80. The Morgan fingerprint density at radius 2 is 1.35 bits per heavy atom. The van der Waals surface area contributed by atoms with Crippen LogP contribution in [0.2, 0.25) is 13.1 Å². The van der Waals surface area contributed by atoms with Crippen molar-refractivity contribution >= 4 is 25.1 Å². The Hall–Kier alpha value is -1.67. The van der Waals surface area contributed by atoms with Crippen LogP contribution < -0.4 is 5.19 Å². The van der Waals surface area contributed by atoms with Crippen LogP contribution in [0.3, 0.4) is 0 Å². The first-order valence-electron chi connectivity index (χ1n) is 9.01. The van der Waals surface area contributed by atoms with Crippen LogP contribution in [-0.2, 0) is 21.7 Å². The summed E-state index contributed by atoms with van der Waals surface area (Å²) >= 11 is 0. The van der Waals surface area contributed by atoms with Crippen LogP contribution in [0.15, 0.2) is 78.9 Å². The van der Waals surface area contributed by atoms with E-state index < -0.39 is 8.80 Å². The minimum atomic E-state index is -0.543. The predicted octanol–water partition coefficient (Wildman–Crippen LogP) is 6.00. The number of hydrogen-bond donors (Lipinski definition) is 0. The molecule has 0 saturated heterocycles. The number of benzene rings is 2. The van der Waals surface area contributed by atoms with Crippen molar-refractivity contribution in [3.63, 3.8) is 0 Å². The van der Waals surface area contributed by atoms with Crippen LogP contribution in [-0.4, -0.2) is 8.80 Å². The SMILES string of the molecule is C[Si](C)c1ccc(-c2ccccc2)c(C2=CC=CC2)c1C1=CC=CC1.[Ti]. The Labute approximate surface area is 173 Å². The standard InChI is InChI=1S/C24H23Si.Ti/c1-25(2)22-17-16-21(18-10-4-3-5-11-18)23(19-12-6-7-13-19)24(22)20-14-8-9-15-20;/h3-12,14,16-17H,13,15H2,1-2H3;. The molecule has 2 heteroatoms. The quantitative estimate of drug-likeness (QED) is 0.565. The maximum Gasteiger partial charge on any atom is 0.0800 e. The first-order chi connectivity index (χ1) is 12.3. The molecule has 0 fully saturated rings. The van der Waals surface area contributed by atoms with Crippen LogP contribution in [0.1, 0.15) is 24.0 Å². The van der Waals surface area contributed by atoms with Gasteiger partial charge in [-0.2, -0.15) is 0 Å². The Bertz CT molecular complexity index is 915. The topological polar surface area (TPSA) is 0 Å². The number of allylic oxidation sites excluding steroid dienone is 8. The largest absolute Gasteiger partial charge is 0.0801 e. The molecule has 0 unspecified atom stereocenters. The summed E-state index contributed by atoms with van der Waals surface area (Å²) in [4.78, 5) is 0. The molecule has 2 aliphatic carbocycles. The molecule has 2 aliphatic rings. The maximum atomic E-state index is 2.40. The molecule has 127 valence electrons. The van der Waals surface area contributed by atoms with Crippen LogP contribution in [0.4, 0.5) is 0 Å². The van der Waals surface area contributed by atoms with E-state index in [1.54, 1.807) is 5.19 Å². The molecule has 0 atom stereocenters. The first-order valence-corrected chi connectivity index (χ1v) is 11.5. The minimum absolute atomic E-state index is 0. The van der Waals surface area contributed by atoms with Gasteiger partial charge in [-0.1, -0.05) is 97.2 Å². The van der Waals surface area contributed by atoms with E-state index >= 15 is 0 Å². The molecule has 2 aromatic rings. The Kier molecular flexibility index (Phi) is 6.13. The minimum Gasteiger partial charge on any atom is -0.0801 e. The Morgan fingerprint density at radius 1 is 0.731 bits per heavy atom. The Morgan fingerprint density at radius 3 is 1.88 bits per heavy atom. The van der Waals surface area contributed by atoms with E-state index in [2.05, 4.69) is 92.0 Å². The van der Waals surface area contributed by atoms with Crippen molar-refractivity contribution in [1.29, 1.82) is 0 Å². The van der Waals surface area contributed by atoms with Crippen molar-refractivity contribution in [3.8, 4) is 11.1 Å². The predicted molar refractivity (Wildman–Crippen MR) is 112 cm³/mol. The van der Waals surface area contributed by atoms with Gasteiger partial charge in [-0.3, -0.25) is 0 Å². The van der Waals surface area contributed by atoms with Gasteiger partial charge in [0.05, 0.1) is 8.80 Å². The van der Waals surface area contributed by atoms with E-state index in [9.17, 15) is 0 Å². The summed E-state index contributed by atoms with van der Waals surface area (Å²) in [6.07, 6.45) is 15.6. The average Bonchev–Trinajstić information content (AvgIpc) is 3.34. The van der Waals surface area contributed by atoms with Gasteiger partial charge in [0.1, 0.15) is 0 Å². The molecule has 1 radical (unpaired) electrons. The van der Waals surface area contributed by atoms with Gasteiger partial charge < -0.3 is 0 Å². The van der Waals surface area contributed by atoms with Gasteiger partial charge >= 0.3 is 0 Å². The normalized spacial score (nSPS) is 15.2. The molecule has 0 bridgehead atoms. The van der Waals surface area contributed by atoms with Crippen LogP contribution in [0.25, 0.3) is 22.3 Å². The van der Waals surface area contributed by atoms with Gasteiger partial charge in [-0.05, 0) is 46.2 Å². The molecule has 0 aromatic heterocycles. The fourth-order valence-corrected chi connectivity index (χ4v) is 5.01. The van der Waals surface area contributed by atoms with Crippen LogP contribution >= 0.6 is 0 Å². The second-order valence-corrected chi connectivity index (χ2v) is 9.46. The van der Waals surface area contributed by atoms with Crippen molar-refractivity contribution in [1.82, 2.24) is 0 Å². The van der Waals surface area contributed by atoms with Crippen molar-refractivity contribution in [2.75, 3.05) is 0 Å². The van der Waals surface area contributed by atoms with E-state index in [0.29, 0.717) is 0 Å².